The van der Waals surface area contributed by atoms with E-state index in [0.29, 0.717) is 5.88 Å². The zero-order valence-electron chi connectivity index (χ0n) is 11.6. The van der Waals surface area contributed by atoms with Gasteiger partial charge in [0.2, 0.25) is 0 Å². The molecule has 0 saturated carbocycles. The van der Waals surface area contributed by atoms with E-state index >= 15 is 0 Å². The summed E-state index contributed by atoms with van der Waals surface area (Å²) in [7, 11) is 0. The lowest BCUT2D eigenvalue weighted by atomic mass is 10.3. The maximum Gasteiger partial charge on any atom is 0.111 e. The summed E-state index contributed by atoms with van der Waals surface area (Å²) in [5, 5.41) is 3.26. The zero-order valence-corrected chi connectivity index (χ0v) is 15.4. The van der Waals surface area contributed by atoms with Crippen LogP contribution in [0.3, 0.4) is 0 Å². The number of imidazole rings is 1. The number of aromatic nitrogens is 3. The summed E-state index contributed by atoms with van der Waals surface area (Å²) in [5.41, 5.74) is 3.39. The molecular weight excluding hydrogens is 417 g/mol. The van der Waals surface area contributed by atoms with Crippen molar-refractivity contribution in [3.8, 4) is 0 Å². The van der Waals surface area contributed by atoms with Crippen LogP contribution in [0.1, 0.15) is 16.5 Å². The lowest BCUT2D eigenvalue weighted by molar-refractivity contribution is 0.667. The highest BCUT2D eigenvalue weighted by Crippen LogP contribution is 2.20. The molecule has 0 fully saturated rings. The number of thiazole rings is 1. The van der Waals surface area contributed by atoms with Gasteiger partial charge in [0.1, 0.15) is 5.82 Å². The van der Waals surface area contributed by atoms with Crippen LogP contribution in [0.2, 0.25) is 0 Å². The van der Waals surface area contributed by atoms with Gasteiger partial charge in [-0.05, 0) is 47.7 Å². The molecule has 2 aromatic heterocycles. The van der Waals surface area contributed by atoms with Crippen molar-refractivity contribution >= 4 is 56.6 Å². The minimum atomic E-state index is 0.593. The third kappa shape index (κ3) is 3.40. The monoisotopic (exact) mass is 431 g/mol. The molecule has 0 bridgehead atoms. The van der Waals surface area contributed by atoms with Crippen molar-refractivity contribution in [2.75, 3.05) is 5.88 Å². The molecule has 21 heavy (non-hydrogen) atoms. The molecule has 0 saturated heterocycles. The van der Waals surface area contributed by atoms with E-state index in [0.717, 1.165) is 41.4 Å². The first kappa shape index (κ1) is 15.2. The molecule has 0 radical (unpaired) electrons. The van der Waals surface area contributed by atoms with Gasteiger partial charge in [0, 0.05) is 34.2 Å². The van der Waals surface area contributed by atoms with E-state index in [1.54, 1.807) is 11.3 Å². The molecule has 6 heteroatoms. The molecule has 0 N–H and O–H groups in total. The highest BCUT2D eigenvalue weighted by Gasteiger charge is 2.11. The molecule has 2 heterocycles. The van der Waals surface area contributed by atoms with Crippen molar-refractivity contribution in [1.82, 2.24) is 14.5 Å². The van der Waals surface area contributed by atoms with Gasteiger partial charge >= 0.3 is 0 Å². The third-order valence-electron chi connectivity index (χ3n) is 3.37. The van der Waals surface area contributed by atoms with Crippen LogP contribution in [0.25, 0.3) is 11.0 Å². The Kier molecular flexibility index (Phi) is 4.81. The Bertz CT molecular complexity index is 765. The Labute approximate surface area is 146 Å². The Balaban J connectivity index is 1.92. The van der Waals surface area contributed by atoms with E-state index in [9.17, 15) is 0 Å². The summed E-state index contributed by atoms with van der Waals surface area (Å²) < 4.78 is 3.49. The van der Waals surface area contributed by atoms with E-state index in [2.05, 4.69) is 55.7 Å². The van der Waals surface area contributed by atoms with Gasteiger partial charge in [-0.1, -0.05) is 0 Å². The molecular formula is C15H15ClIN3S. The normalized spacial score (nSPS) is 11.4. The number of rotatable bonds is 5. The molecule has 3 aromatic rings. The number of halogens is 2. The largest absolute Gasteiger partial charge is 0.328 e. The molecule has 0 aliphatic rings. The molecule has 0 amide bonds. The SMILES string of the molecule is Cc1nc(CCn2c(CCCl)nc3cc(I)ccc32)cs1. The standard InChI is InChI=1S/C15H15ClIN3S/c1-10-18-12(9-21-10)5-7-20-14-3-2-11(17)8-13(14)19-15(20)4-6-16/h2-3,8-9H,4-7H2,1H3. The van der Waals surface area contributed by atoms with Gasteiger partial charge in [0.05, 0.1) is 21.7 Å². The lowest BCUT2D eigenvalue weighted by Gasteiger charge is -2.07. The number of fused-ring (bicyclic) bond motifs is 1. The third-order valence-corrected chi connectivity index (χ3v) is 5.05. The molecule has 0 unspecified atom stereocenters. The maximum absolute atomic E-state index is 5.92. The average molecular weight is 432 g/mol. The predicted molar refractivity (Wildman–Crippen MR) is 97.4 cm³/mol. The van der Waals surface area contributed by atoms with Crippen LogP contribution in [0, 0.1) is 10.5 Å². The van der Waals surface area contributed by atoms with Crippen molar-refractivity contribution < 1.29 is 0 Å². The van der Waals surface area contributed by atoms with Gasteiger partial charge in [0.15, 0.2) is 0 Å². The Hall–Kier alpha value is -0.660. The van der Waals surface area contributed by atoms with Gasteiger partial charge in [-0.3, -0.25) is 0 Å². The van der Waals surface area contributed by atoms with Crippen LogP contribution in [0.4, 0.5) is 0 Å². The fourth-order valence-corrected chi connectivity index (χ4v) is 3.72. The van der Waals surface area contributed by atoms with Crippen molar-refractivity contribution in [3.05, 3.63) is 43.7 Å². The van der Waals surface area contributed by atoms with E-state index in [1.807, 2.05) is 6.92 Å². The molecule has 0 spiro atoms. The molecule has 1 aromatic carbocycles. The van der Waals surface area contributed by atoms with Crippen molar-refractivity contribution in [3.63, 3.8) is 0 Å². The topological polar surface area (TPSA) is 30.7 Å². The number of alkyl halides is 1. The van der Waals surface area contributed by atoms with Crippen LogP contribution in [-0.2, 0) is 19.4 Å². The van der Waals surface area contributed by atoms with E-state index < -0.39 is 0 Å². The Morgan fingerprint density at radius 3 is 2.86 bits per heavy atom. The minimum Gasteiger partial charge on any atom is -0.328 e. The van der Waals surface area contributed by atoms with Gasteiger partial charge in [-0.15, -0.1) is 22.9 Å². The first-order valence-electron chi connectivity index (χ1n) is 6.79. The second kappa shape index (κ2) is 6.62. The van der Waals surface area contributed by atoms with Crippen molar-refractivity contribution in [2.24, 2.45) is 0 Å². The van der Waals surface area contributed by atoms with Crippen LogP contribution in [0.5, 0.6) is 0 Å². The summed E-state index contributed by atoms with van der Waals surface area (Å²) >= 11 is 9.95. The number of hydrogen-bond acceptors (Lipinski definition) is 3. The lowest BCUT2D eigenvalue weighted by Crippen LogP contribution is -2.07. The first-order chi connectivity index (χ1) is 10.2. The van der Waals surface area contributed by atoms with Gasteiger partial charge in [-0.25, -0.2) is 9.97 Å². The number of nitrogens with zero attached hydrogens (tertiary/aromatic N) is 3. The number of aryl methyl sites for hydroxylation is 4. The zero-order chi connectivity index (χ0) is 14.8. The molecule has 0 aliphatic carbocycles. The van der Waals surface area contributed by atoms with Crippen LogP contribution in [0.15, 0.2) is 23.6 Å². The second-order valence-electron chi connectivity index (χ2n) is 4.86. The summed E-state index contributed by atoms with van der Waals surface area (Å²) in [6.07, 6.45) is 1.72. The fraction of sp³-hybridized carbons (Fsp3) is 0.333. The van der Waals surface area contributed by atoms with Gasteiger partial charge < -0.3 is 4.57 Å². The second-order valence-corrected chi connectivity index (χ2v) is 7.55. The molecule has 0 aliphatic heterocycles. The molecule has 0 atom stereocenters. The Morgan fingerprint density at radius 2 is 2.14 bits per heavy atom. The fourth-order valence-electron chi connectivity index (χ4n) is 2.43. The number of benzene rings is 1. The minimum absolute atomic E-state index is 0.593. The Morgan fingerprint density at radius 1 is 1.29 bits per heavy atom. The van der Waals surface area contributed by atoms with Crippen LogP contribution < -0.4 is 0 Å². The van der Waals surface area contributed by atoms with E-state index in [-0.39, 0.29) is 0 Å². The summed E-state index contributed by atoms with van der Waals surface area (Å²) in [6.45, 7) is 2.94. The molecule has 110 valence electrons. The maximum atomic E-state index is 5.92. The van der Waals surface area contributed by atoms with E-state index in [1.165, 1.54) is 9.09 Å². The summed E-state index contributed by atoms with van der Waals surface area (Å²) in [6, 6.07) is 6.39. The average Bonchev–Trinajstić information content (AvgIpc) is 3.00. The van der Waals surface area contributed by atoms with Crippen molar-refractivity contribution in [1.29, 1.82) is 0 Å². The van der Waals surface area contributed by atoms with Gasteiger partial charge in [-0.2, -0.15) is 0 Å². The quantitative estimate of drug-likeness (QED) is 0.442. The number of hydrogen-bond donors (Lipinski definition) is 0. The van der Waals surface area contributed by atoms with Gasteiger partial charge in [0.25, 0.3) is 0 Å². The highest BCUT2D eigenvalue weighted by atomic mass is 127. The van der Waals surface area contributed by atoms with Crippen LogP contribution in [-0.4, -0.2) is 20.4 Å². The van der Waals surface area contributed by atoms with E-state index in [4.69, 9.17) is 16.6 Å². The predicted octanol–water partition coefficient (Wildman–Crippen LogP) is 4.43. The molecule has 3 rings (SSSR count). The van der Waals surface area contributed by atoms with Crippen LogP contribution >= 0.6 is 45.5 Å². The highest BCUT2D eigenvalue weighted by molar-refractivity contribution is 14.1. The smallest absolute Gasteiger partial charge is 0.111 e. The summed E-state index contributed by atoms with van der Waals surface area (Å²) in [4.78, 5) is 9.27. The first-order valence-corrected chi connectivity index (χ1v) is 9.28. The summed E-state index contributed by atoms with van der Waals surface area (Å²) in [5.74, 6) is 1.66. The van der Waals surface area contributed by atoms with Crippen molar-refractivity contribution in [2.45, 2.75) is 26.3 Å². The molecule has 3 nitrogen and oxygen atoms in total.